The maximum Gasteiger partial charge on any atom is 0.418 e. The second-order valence-electron chi connectivity index (χ2n) is 4.54. The zero-order chi connectivity index (χ0) is 16.5. The zero-order valence-corrected chi connectivity index (χ0v) is 12.9. The molecule has 4 nitrogen and oxygen atoms in total. The van der Waals surface area contributed by atoms with E-state index in [0.29, 0.717) is 0 Å². The van der Waals surface area contributed by atoms with E-state index in [1.165, 1.54) is 12.1 Å². The van der Waals surface area contributed by atoms with E-state index < -0.39 is 24.2 Å². The summed E-state index contributed by atoms with van der Waals surface area (Å²) in [6.45, 7) is 1.25. The maximum atomic E-state index is 12.8. The van der Waals surface area contributed by atoms with Crippen LogP contribution in [-0.4, -0.2) is 32.8 Å². The molecule has 2 rings (SSSR count). The molecule has 0 spiro atoms. The van der Waals surface area contributed by atoms with E-state index in [4.69, 9.17) is 12.2 Å². The fraction of sp³-hybridized carbons (Fsp3) is 0.308. The van der Waals surface area contributed by atoms with Gasteiger partial charge in [0.15, 0.2) is 0 Å². The van der Waals surface area contributed by atoms with Crippen molar-refractivity contribution in [3.8, 4) is 0 Å². The van der Waals surface area contributed by atoms with E-state index in [2.05, 4.69) is 5.32 Å². The Morgan fingerprint density at radius 1 is 1.41 bits per heavy atom. The molecule has 22 heavy (non-hydrogen) atoms. The van der Waals surface area contributed by atoms with Crippen molar-refractivity contribution in [3.05, 3.63) is 29.8 Å². The van der Waals surface area contributed by atoms with Gasteiger partial charge < -0.3 is 5.32 Å². The Balaban J connectivity index is 2.11. The lowest BCUT2D eigenvalue weighted by molar-refractivity contribution is -0.137. The van der Waals surface area contributed by atoms with E-state index >= 15 is 0 Å². The van der Waals surface area contributed by atoms with E-state index in [1.807, 2.05) is 0 Å². The normalized spacial score (nSPS) is 18.7. The largest absolute Gasteiger partial charge is 0.418 e. The zero-order valence-electron chi connectivity index (χ0n) is 11.3. The molecular weight excluding hydrogens is 337 g/mol. The fourth-order valence-corrected chi connectivity index (χ4v) is 3.29. The first-order valence-electron chi connectivity index (χ1n) is 6.18. The van der Waals surface area contributed by atoms with Gasteiger partial charge in [-0.2, -0.15) is 13.2 Å². The molecule has 0 saturated carbocycles. The topological polar surface area (TPSA) is 49.4 Å². The molecule has 0 aliphatic carbocycles. The van der Waals surface area contributed by atoms with Gasteiger partial charge in [0.05, 0.1) is 16.5 Å². The van der Waals surface area contributed by atoms with Gasteiger partial charge in [-0.1, -0.05) is 36.1 Å². The number of hydrogen-bond donors (Lipinski definition) is 1. The van der Waals surface area contributed by atoms with Gasteiger partial charge in [-0.25, -0.2) is 0 Å². The average molecular weight is 348 g/mol. The molecule has 1 unspecified atom stereocenters. The molecule has 2 amide bonds. The molecule has 0 radical (unpaired) electrons. The molecule has 1 atom stereocenters. The molecule has 1 fully saturated rings. The Kier molecular flexibility index (Phi) is 4.76. The van der Waals surface area contributed by atoms with Crippen molar-refractivity contribution in [1.29, 1.82) is 0 Å². The highest BCUT2D eigenvalue weighted by molar-refractivity contribution is 8.24. The first kappa shape index (κ1) is 16.8. The third-order valence-electron chi connectivity index (χ3n) is 2.92. The van der Waals surface area contributed by atoms with Gasteiger partial charge in [0.2, 0.25) is 11.8 Å². The second-order valence-corrected chi connectivity index (χ2v) is 6.52. The second kappa shape index (κ2) is 6.25. The lowest BCUT2D eigenvalue weighted by Gasteiger charge is -2.17. The van der Waals surface area contributed by atoms with E-state index in [0.717, 1.165) is 28.8 Å². The number of benzene rings is 1. The van der Waals surface area contributed by atoms with Crippen LogP contribution in [0, 0.1) is 0 Å². The van der Waals surface area contributed by atoms with Crippen molar-refractivity contribution in [2.24, 2.45) is 0 Å². The van der Waals surface area contributed by atoms with E-state index in [1.54, 1.807) is 6.92 Å². The molecule has 0 bridgehead atoms. The summed E-state index contributed by atoms with van der Waals surface area (Å²) in [5.74, 6) is -1.06. The minimum absolute atomic E-state index is 0.247. The van der Waals surface area contributed by atoms with E-state index in [-0.39, 0.29) is 21.2 Å². The molecule has 9 heteroatoms. The third kappa shape index (κ3) is 3.58. The molecule has 1 heterocycles. The monoisotopic (exact) mass is 348 g/mol. The number of amides is 2. The van der Waals surface area contributed by atoms with Crippen LogP contribution < -0.4 is 5.32 Å². The first-order chi connectivity index (χ1) is 10.2. The SMILES string of the molecule is CC1SC(=S)N(CC(=O)Nc2ccccc2C(F)(F)F)C1=O. The molecule has 1 saturated heterocycles. The number of thioether (sulfide) groups is 1. The van der Waals surface area contributed by atoms with Crippen molar-refractivity contribution < 1.29 is 22.8 Å². The number of anilines is 1. The Hall–Kier alpha value is -1.61. The molecule has 1 aromatic carbocycles. The maximum absolute atomic E-state index is 12.8. The summed E-state index contributed by atoms with van der Waals surface area (Å²) >= 11 is 6.11. The van der Waals surface area contributed by atoms with Gasteiger partial charge in [0, 0.05) is 0 Å². The number of halogens is 3. The van der Waals surface area contributed by atoms with Crippen LogP contribution in [-0.2, 0) is 15.8 Å². The number of para-hydroxylation sites is 1. The predicted molar refractivity (Wildman–Crippen MR) is 81.4 cm³/mol. The van der Waals surface area contributed by atoms with Crippen molar-refractivity contribution >= 4 is 45.8 Å². The summed E-state index contributed by atoms with van der Waals surface area (Å²) < 4.78 is 38.8. The quantitative estimate of drug-likeness (QED) is 0.854. The lowest BCUT2D eigenvalue weighted by atomic mass is 10.1. The van der Waals surface area contributed by atoms with Crippen LogP contribution in [0.25, 0.3) is 0 Å². The molecule has 1 aromatic rings. The third-order valence-corrected chi connectivity index (χ3v) is 4.41. The number of carbonyl (C=O) groups is 2. The highest BCUT2D eigenvalue weighted by Gasteiger charge is 2.36. The average Bonchev–Trinajstić information content (AvgIpc) is 2.65. The van der Waals surface area contributed by atoms with Crippen molar-refractivity contribution in [2.45, 2.75) is 18.3 Å². The molecule has 1 aliphatic heterocycles. The minimum atomic E-state index is -4.58. The fourth-order valence-electron chi connectivity index (χ4n) is 1.89. The van der Waals surface area contributed by atoms with Gasteiger partial charge in [-0.05, 0) is 19.1 Å². The van der Waals surface area contributed by atoms with Crippen molar-refractivity contribution in [3.63, 3.8) is 0 Å². The Morgan fingerprint density at radius 2 is 2.05 bits per heavy atom. The van der Waals surface area contributed by atoms with Crippen LogP contribution in [0.1, 0.15) is 12.5 Å². The number of alkyl halides is 3. The summed E-state index contributed by atoms with van der Waals surface area (Å²) in [6.07, 6.45) is -4.58. The molecule has 1 N–H and O–H groups in total. The van der Waals surface area contributed by atoms with Gasteiger partial charge in [-0.15, -0.1) is 0 Å². The smallest absolute Gasteiger partial charge is 0.324 e. The standard InChI is InChI=1S/C13H11F3N2O2S2/c1-7-11(20)18(12(21)22-7)6-10(19)17-9-5-3-2-4-8(9)13(14,15)16/h2-5,7H,6H2,1H3,(H,17,19). The van der Waals surface area contributed by atoms with Crippen LogP contribution >= 0.6 is 24.0 Å². The summed E-state index contributed by atoms with van der Waals surface area (Å²) in [7, 11) is 0. The molecule has 118 valence electrons. The van der Waals surface area contributed by atoms with Gasteiger partial charge in [-0.3, -0.25) is 14.5 Å². The van der Waals surface area contributed by atoms with Crippen molar-refractivity contribution in [2.75, 3.05) is 11.9 Å². The summed E-state index contributed by atoms with van der Waals surface area (Å²) in [4.78, 5) is 24.8. The van der Waals surface area contributed by atoms with Gasteiger partial charge in [0.1, 0.15) is 10.9 Å². The van der Waals surface area contributed by atoms with Crippen LogP contribution in [0.3, 0.4) is 0 Å². The Labute approximate surface area is 134 Å². The van der Waals surface area contributed by atoms with Crippen LogP contribution in [0.15, 0.2) is 24.3 Å². The number of carbonyl (C=O) groups excluding carboxylic acids is 2. The van der Waals surface area contributed by atoms with E-state index in [9.17, 15) is 22.8 Å². The first-order valence-corrected chi connectivity index (χ1v) is 7.47. The van der Waals surface area contributed by atoms with Crippen LogP contribution in [0.5, 0.6) is 0 Å². The predicted octanol–water partition coefficient (Wildman–Crippen LogP) is 2.89. The summed E-state index contributed by atoms with van der Waals surface area (Å²) in [5, 5.41) is 1.79. The number of nitrogens with zero attached hydrogens (tertiary/aromatic N) is 1. The highest BCUT2D eigenvalue weighted by atomic mass is 32.2. The summed E-state index contributed by atoms with van der Waals surface area (Å²) in [5.41, 5.74) is -1.29. The number of hydrogen-bond acceptors (Lipinski definition) is 4. The van der Waals surface area contributed by atoms with Gasteiger partial charge >= 0.3 is 6.18 Å². The minimum Gasteiger partial charge on any atom is -0.324 e. The molecular formula is C13H11F3N2O2S2. The highest BCUT2D eigenvalue weighted by Crippen LogP contribution is 2.34. The molecule has 0 aromatic heterocycles. The lowest BCUT2D eigenvalue weighted by Crippen LogP contribution is -2.37. The number of thiocarbonyl (C=S) groups is 1. The van der Waals surface area contributed by atoms with Crippen LogP contribution in [0.2, 0.25) is 0 Å². The van der Waals surface area contributed by atoms with Crippen LogP contribution in [0.4, 0.5) is 18.9 Å². The number of rotatable bonds is 3. The number of nitrogens with one attached hydrogen (secondary N) is 1. The van der Waals surface area contributed by atoms with Crippen molar-refractivity contribution in [1.82, 2.24) is 4.90 Å². The Morgan fingerprint density at radius 3 is 2.59 bits per heavy atom. The summed E-state index contributed by atoms with van der Waals surface area (Å²) in [6, 6.07) is 4.64. The Bertz CT molecular complexity index is 634. The van der Waals surface area contributed by atoms with Gasteiger partial charge in [0.25, 0.3) is 0 Å². The molecule has 1 aliphatic rings.